The van der Waals surface area contributed by atoms with Crippen molar-refractivity contribution >= 4 is 6.03 Å². The number of ether oxygens (including phenoxy) is 2. The molecule has 2 amide bonds. The molecule has 4 N–H and O–H groups in total. The predicted octanol–water partition coefficient (Wildman–Crippen LogP) is -1.17. The van der Waals surface area contributed by atoms with E-state index < -0.39 is 6.03 Å². The molecule has 0 spiro atoms. The van der Waals surface area contributed by atoms with Gasteiger partial charge in [0, 0.05) is 6.54 Å². The number of rotatable bonds is 7. The summed E-state index contributed by atoms with van der Waals surface area (Å²) in [5, 5.41) is 2.47. The minimum atomic E-state index is -0.508. The van der Waals surface area contributed by atoms with Gasteiger partial charge in [0.2, 0.25) is 0 Å². The predicted molar refractivity (Wildman–Crippen MR) is 58.9 cm³/mol. The van der Waals surface area contributed by atoms with E-state index in [1.807, 2.05) is 5.43 Å². The van der Waals surface area contributed by atoms with E-state index in [4.69, 9.17) is 28.2 Å². The van der Waals surface area contributed by atoms with Gasteiger partial charge in [-0.2, -0.15) is 0 Å². The Labute approximate surface area is 94.8 Å². The molecule has 0 aromatic heterocycles. The van der Waals surface area contributed by atoms with Crippen molar-refractivity contribution < 1.29 is 14.3 Å². The summed E-state index contributed by atoms with van der Waals surface area (Å²) in [5.74, 6) is 9.52. The van der Waals surface area contributed by atoms with Gasteiger partial charge in [-0.1, -0.05) is 11.8 Å². The Kier molecular flexibility index (Phi) is 8.75. The second-order valence-electron chi connectivity index (χ2n) is 2.71. The number of carbonyl (C=O) groups is 1. The Morgan fingerprint density at radius 2 is 2.06 bits per heavy atom. The molecule has 0 aromatic carbocycles. The van der Waals surface area contributed by atoms with Gasteiger partial charge < -0.3 is 14.8 Å². The molecule has 0 saturated heterocycles. The first-order valence-electron chi connectivity index (χ1n) is 4.55. The number of nitrogens with one attached hydrogen (secondary N) is 2. The lowest BCUT2D eigenvalue weighted by Crippen LogP contribution is -2.44. The van der Waals surface area contributed by atoms with Crippen LogP contribution < -0.4 is 16.6 Å². The van der Waals surface area contributed by atoms with Crippen molar-refractivity contribution in [2.75, 3.05) is 26.4 Å². The zero-order valence-corrected chi connectivity index (χ0v) is 8.86. The SMILES string of the molecule is C#CCOCC(CNC(=O)NN)OCC#C. The van der Waals surface area contributed by atoms with Gasteiger partial charge in [-0.15, -0.1) is 12.8 Å². The van der Waals surface area contributed by atoms with Crippen LogP contribution in [0.15, 0.2) is 0 Å². The highest BCUT2D eigenvalue weighted by atomic mass is 16.5. The van der Waals surface area contributed by atoms with E-state index in [0.29, 0.717) is 0 Å². The highest BCUT2D eigenvalue weighted by molar-refractivity contribution is 5.72. The normalized spacial score (nSPS) is 10.9. The summed E-state index contributed by atoms with van der Waals surface area (Å²) in [7, 11) is 0. The molecule has 1 unspecified atom stereocenters. The molecule has 1 atom stereocenters. The molecule has 0 aliphatic carbocycles. The Balaban J connectivity index is 3.86. The molecule has 0 rings (SSSR count). The lowest BCUT2D eigenvalue weighted by molar-refractivity contribution is 0.00754. The lowest BCUT2D eigenvalue weighted by atomic mass is 10.3. The number of urea groups is 1. The van der Waals surface area contributed by atoms with Gasteiger partial charge in [0.05, 0.1) is 12.7 Å². The van der Waals surface area contributed by atoms with Crippen LogP contribution in [0.1, 0.15) is 0 Å². The number of hydrogen-bond acceptors (Lipinski definition) is 4. The summed E-state index contributed by atoms with van der Waals surface area (Å²) < 4.78 is 10.3. The molecule has 0 heterocycles. The second-order valence-corrected chi connectivity index (χ2v) is 2.71. The molecule has 6 heteroatoms. The van der Waals surface area contributed by atoms with Crippen LogP contribution in [-0.4, -0.2) is 38.5 Å². The molecule has 6 nitrogen and oxygen atoms in total. The van der Waals surface area contributed by atoms with Gasteiger partial charge in [-0.25, -0.2) is 10.6 Å². The minimum Gasteiger partial charge on any atom is -0.366 e. The van der Waals surface area contributed by atoms with Crippen molar-refractivity contribution in [3.05, 3.63) is 0 Å². The standard InChI is InChI=1S/C10H15N3O3/c1-3-5-15-8-9(16-6-4-2)7-12-10(14)13-11/h1-2,9H,5-8,11H2,(H2,12,13,14). The summed E-state index contributed by atoms with van der Waals surface area (Å²) in [6, 6.07) is -0.508. The van der Waals surface area contributed by atoms with Crippen LogP contribution >= 0.6 is 0 Å². The van der Waals surface area contributed by atoms with Gasteiger partial charge in [-0.3, -0.25) is 5.43 Å². The van der Waals surface area contributed by atoms with E-state index in [-0.39, 0.29) is 32.5 Å². The number of amides is 2. The summed E-state index contributed by atoms with van der Waals surface area (Å²) in [4.78, 5) is 10.8. The molecular formula is C10H15N3O3. The maximum Gasteiger partial charge on any atom is 0.328 e. The molecule has 0 saturated carbocycles. The van der Waals surface area contributed by atoms with Crippen LogP contribution in [0.2, 0.25) is 0 Å². The fourth-order valence-corrected chi connectivity index (χ4v) is 0.839. The zero-order chi connectivity index (χ0) is 12.2. The van der Waals surface area contributed by atoms with Crippen LogP contribution in [0.25, 0.3) is 0 Å². The van der Waals surface area contributed by atoms with Crippen molar-refractivity contribution in [2.45, 2.75) is 6.10 Å². The van der Waals surface area contributed by atoms with E-state index in [1.165, 1.54) is 0 Å². The van der Waals surface area contributed by atoms with Crippen LogP contribution in [0.3, 0.4) is 0 Å². The van der Waals surface area contributed by atoms with Gasteiger partial charge in [0.1, 0.15) is 13.2 Å². The molecule has 16 heavy (non-hydrogen) atoms. The lowest BCUT2D eigenvalue weighted by Gasteiger charge is -2.16. The van der Waals surface area contributed by atoms with Crippen molar-refractivity contribution in [3.8, 4) is 24.7 Å². The smallest absolute Gasteiger partial charge is 0.328 e. The highest BCUT2D eigenvalue weighted by Gasteiger charge is 2.10. The fraction of sp³-hybridized carbons (Fsp3) is 0.500. The van der Waals surface area contributed by atoms with E-state index >= 15 is 0 Å². The third-order valence-corrected chi connectivity index (χ3v) is 1.51. The number of terminal acetylenes is 2. The first kappa shape index (κ1) is 14.3. The third-order valence-electron chi connectivity index (χ3n) is 1.51. The number of nitrogens with two attached hydrogens (primary N) is 1. The van der Waals surface area contributed by atoms with Crippen molar-refractivity contribution in [2.24, 2.45) is 5.84 Å². The molecular weight excluding hydrogens is 210 g/mol. The molecule has 0 aliphatic heterocycles. The van der Waals surface area contributed by atoms with Gasteiger partial charge >= 0.3 is 6.03 Å². The summed E-state index contributed by atoms with van der Waals surface area (Å²) in [5.41, 5.74) is 1.92. The van der Waals surface area contributed by atoms with Crippen LogP contribution in [0.5, 0.6) is 0 Å². The molecule has 0 aromatic rings. The van der Waals surface area contributed by atoms with Crippen LogP contribution in [0.4, 0.5) is 4.79 Å². The zero-order valence-electron chi connectivity index (χ0n) is 8.86. The van der Waals surface area contributed by atoms with Gasteiger partial charge in [0.25, 0.3) is 0 Å². The first-order valence-corrected chi connectivity index (χ1v) is 4.55. The van der Waals surface area contributed by atoms with E-state index in [2.05, 4.69) is 17.2 Å². The Bertz CT molecular complexity index is 280. The minimum absolute atomic E-state index is 0.135. The Morgan fingerprint density at radius 3 is 2.62 bits per heavy atom. The molecule has 0 fully saturated rings. The van der Waals surface area contributed by atoms with Gasteiger partial charge in [-0.05, 0) is 0 Å². The Morgan fingerprint density at radius 1 is 1.38 bits per heavy atom. The Hall–Kier alpha value is -1.73. The number of hydrazine groups is 1. The number of hydrogen-bond donors (Lipinski definition) is 3. The highest BCUT2D eigenvalue weighted by Crippen LogP contribution is 1.92. The summed E-state index contributed by atoms with van der Waals surface area (Å²) >= 11 is 0. The maximum atomic E-state index is 10.8. The topological polar surface area (TPSA) is 85.6 Å². The molecule has 0 bridgehead atoms. The van der Waals surface area contributed by atoms with E-state index in [0.717, 1.165) is 0 Å². The second kappa shape index (κ2) is 9.81. The maximum absolute atomic E-state index is 10.8. The van der Waals surface area contributed by atoms with Crippen molar-refractivity contribution in [3.63, 3.8) is 0 Å². The average Bonchev–Trinajstić information content (AvgIpc) is 2.31. The van der Waals surface area contributed by atoms with E-state index in [1.54, 1.807) is 0 Å². The molecule has 0 aliphatic rings. The fourth-order valence-electron chi connectivity index (χ4n) is 0.839. The largest absolute Gasteiger partial charge is 0.366 e. The summed E-state index contributed by atoms with van der Waals surface area (Å²) in [6.07, 6.45) is 9.70. The van der Waals surface area contributed by atoms with E-state index in [9.17, 15) is 4.79 Å². The van der Waals surface area contributed by atoms with Crippen LogP contribution in [0, 0.1) is 24.7 Å². The molecule has 88 valence electrons. The number of carbonyl (C=O) groups excluding carboxylic acids is 1. The molecule has 0 radical (unpaired) electrons. The monoisotopic (exact) mass is 225 g/mol. The first-order chi connectivity index (χ1) is 7.74. The quantitative estimate of drug-likeness (QED) is 0.167. The van der Waals surface area contributed by atoms with Crippen LogP contribution in [-0.2, 0) is 9.47 Å². The summed E-state index contributed by atoms with van der Waals surface area (Å²) in [6.45, 7) is 0.793. The van der Waals surface area contributed by atoms with Crippen molar-refractivity contribution in [1.82, 2.24) is 10.7 Å². The average molecular weight is 225 g/mol. The van der Waals surface area contributed by atoms with Gasteiger partial charge in [0.15, 0.2) is 0 Å². The van der Waals surface area contributed by atoms with Crippen molar-refractivity contribution in [1.29, 1.82) is 0 Å². The third kappa shape index (κ3) is 7.65.